The van der Waals surface area contributed by atoms with Crippen LogP contribution < -0.4 is 5.32 Å². The summed E-state index contributed by atoms with van der Waals surface area (Å²) in [6.07, 6.45) is 4.35. The fourth-order valence-corrected chi connectivity index (χ4v) is 6.11. The molecule has 4 nitrogen and oxygen atoms in total. The standard InChI is InChI=1S/C20H24N2O2/c1-3-13-10-12-11-14(19(23)24-2)17-20(8-9-22(13)18(12)20)15-6-4-5-7-16(15)21-17/h4-7,12-13,18,21H,3,8-11H2,1-2H3. The van der Waals surface area contributed by atoms with E-state index in [0.717, 1.165) is 30.7 Å². The van der Waals surface area contributed by atoms with Gasteiger partial charge in [-0.25, -0.2) is 4.79 Å². The van der Waals surface area contributed by atoms with Crippen LogP contribution in [0, 0.1) is 5.92 Å². The first kappa shape index (κ1) is 14.5. The number of anilines is 1. The number of hydrogen-bond acceptors (Lipinski definition) is 4. The number of carbonyl (C=O) groups excluding carboxylic acids is 1. The second-order valence-corrected chi connectivity index (χ2v) is 7.68. The highest BCUT2D eigenvalue weighted by molar-refractivity contribution is 5.93. The van der Waals surface area contributed by atoms with Gasteiger partial charge in [0.05, 0.1) is 18.1 Å². The molecule has 4 aliphatic rings. The molecule has 0 bridgehead atoms. The number of benzene rings is 1. The Morgan fingerprint density at radius 3 is 3.04 bits per heavy atom. The summed E-state index contributed by atoms with van der Waals surface area (Å²) < 4.78 is 5.15. The fourth-order valence-electron chi connectivity index (χ4n) is 6.11. The van der Waals surface area contributed by atoms with Crippen molar-refractivity contribution in [3.05, 3.63) is 41.1 Å². The predicted octanol–water partition coefficient (Wildman–Crippen LogP) is 3.05. The molecule has 1 N–H and O–H groups in total. The van der Waals surface area contributed by atoms with Gasteiger partial charge in [-0.05, 0) is 43.2 Å². The molecule has 4 atom stereocenters. The lowest BCUT2D eigenvalue weighted by Gasteiger charge is -2.41. The summed E-state index contributed by atoms with van der Waals surface area (Å²) in [4.78, 5) is 15.3. The second-order valence-electron chi connectivity index (χ2n) is 7.68. The van der Waals surface area contributed by atoms with Crippen molar-refractivity contribution in [2.75, 3.05) is 19.0 Å². The molecular weight excluding hydrogens is 300 g/mol. The number of nitrogens with one attached hydrogen (secondary N) is 1. The van der Waals surface area contributed by atoms with Gasteiger partial charge >= 0.3 is 5.97 Å². The molecule has 5 rings (SSSR count). The zero-order chi connectivity index (χ0) is 16.5. The Labute approximate surface area is 142 Å². The molecule has 0 amide bonds. The quantitative estimate of drug-likeness (QED) is 0.849. The van der Waals surface area contributed by atoms with Crippen molar-refractivity contribution in [3.8, 4) is 0 Å². The predicted molar refractivity (Wildman–Crippen MR) is 92.7 cm³/mol. The molecular formula is C20H24N2O2. The summed E-state index contributed by atoms with van der Waals surface area (Å²) in [5, 5.41) is 3.62. The van der Waals surface area contributed by atoms with Crippen LogP contribution in [0.5, 0.6) is 0 Å². The molecule has 0 saturated carbocycles. The Bertz CT molecular complexity index is 756. The van der Waals surface area contributed by atoms with Crippen molar-refractivity contribution >= 4 is 11.7 Å². The molecule has 4 heteroatoms. The highest BCUT2D eigenvalue weighted by Crippen LogP contribution is 2.62. The van der Waals surface area contributed by atoms with E-state index in [9.17, 15) is 4.79 Å². The van der Waals surface area contributed by atoms with Crippen molar-refractivity contribution in [2.24, 2.45) is 5.92 Å². The number of carbonyl (C=O) groups is 1. The maximum Gasteiger partial charge on any atom is 0.335 e. The first-order valence-corrected chi connectivity index (χ1v) is 9.15. The molecule has 3 aliphatic heterocycles. The Hall–Kier alpha value is -1.81. The van der Waals surface area contributed by atoms with E-state index in [-0.39, 0.29) is 11.4 Å². The zero-order valence-electron chi connectivity index (χ0n) is 14.3. The van der Waals surface area contributed by atoms with Crippen molar-refractivity contribution in [1.29, 1.82) is 0 Å². The van der Waals surface area contributed by atoms with Gasteiger partial charge in [0.15, 0.2) is 0 Å². The van der Waals surface area contributed by atoms with Gasteiger partial charge in [-0.2, -0.15) is 0 Å². The van der Waals surface area contributed by atoms with E-state index in [4.69, 9.17) is 4.74 Å². The average molecular weight is 324 g/mol. The van der Waals surface area contributed by atoms with E-state index in [1.54, 1.807) is 0 Å². The minimum atomic E-state index is -0.151. The molecule has 1 spiro atoms. The number of esters is 1. The SMILES string of the molecule is CCC1CC2CC(C(=O)OC)=C3Nc4ccccc4C34CCN1C24. The van der Waals surface area contributed by atoms with Gasteiger partial charge in [0.1, 0.15) is 0 Å². The van der Waals surface area contributed by atoms with Crippen LogP contribution >= 0.6 is 0 Å². The van der Waals surface area contributed by atoms with E-state index < -0.39 is 0 Å². The summed E-state index contributed by atoms with van der Waals surface area (Å²) in [7, 11) is 1.50. The molecule has 2 saturated heterocycles. The molecule has 1 aromatic rings. The summed E-state index contributed by atoms with van der Waals surface area (Å²) >= 11 is 0. The third-order valence-corrected chi connectivity index (χ3v) is 6.90. The first-order chi connectivity index (χ1) is 11.7. The molecule has 0 radical (unpaired) electrons. The number of methoxy groups -OCH3 is 1. The lowest BCUT2D eigenvalue weighted by atomic mass is 9.63. The summed E-state index contributed by atoms with van der Waals surface area (Å²) in [6.45, 7) is 3.43. The molecule has 24 heavy (non-hydrogen) atoms. The smallest absolute Gasteiger partial charge is 0.335 e. The number of ether oxygens (including phenoxy) is 1. The molecule has 0 aromatic heterocycles. The topological polar surface area (TPSA) is 41.6 Å². The van der Waals surface area contributed by atoms with Crippen molar-refractivity contribution < 1.29 is 9.53 Å². The zero-order valence-corrected chi connectivity index (χ0v) is 14.3. The number of nitrogens with zero attached hydrogens (tertiary/aromatic N) is 1. The Morgan fingerprint density at radius 1 is 1.42 bits per heavy atom. The van der Waals surface area contributed by atoms with Gasteiger partial charge in [0.2, 0.25) is 0 Å². The van der Waals surface area contributed by atoms with Crippen molar-refractivity contribution in [2.45, 2.75) is 50.1 Å². The van der Waals surface area contributed by atoms with Gasteiger partial charge in [-0.15, -0.1) is 0 Å². The van der Waals surface area contributed by atoms with Crippen LogP contribution in [0.3, 0.4) is 0 Å². The first-order valence-electron chi connectivity index (χ1n) is 9.15. The van der Waals surface area contributed by atoms with Crippen LogP contribution in [0.2, 0.25) is 0 Å². The maximum absolute atomic E-state index is 12.5. The summed E-state index contributed by atoms with van der Waals surface area (Å²) in [5.74, 6) is 0.407. The monoisotopic (exact) mass is 324 g/mol. The number of para-hydroxylation sites is 1. The minimum Gasteiger partial charge on any atom is -0.466 e. The van der Waals surface area contributed by atoms with Crippen LogP contribution in [-0.4, -0.2) is 36.6 Å². The lowest BCUT2D eigenvalue weighted by molar-refractivity contribution is -0.136. The molecule has 126 valence electrons. The van der Waals surface area contributed by atoms with E-state index >= 15 is 0 Å². The van der Waals surface area contributed by atoms with Crippen LogP contribution in [0.4, 0.5) is 5.69 Å². The van der Waals surface area contributed by atoms with Crippen LogP contribution in [0.15, 0.2) is 35.5 Å². The van der Waals surface area contributed by atoms with Crippen LogP contribution in [-0.2, 0) is 14.9 Å². The maximum atomic E-state index is 12.5. The average Bonchev–Trinajstić information content (AvgIpc) is 3.27. The summed E-state index contributed by atoms with van der Waals surface area (Å²) in [6, 6.07) is 9.80. The second kappa shape index (κ2) is 4.85. The molecule has 1 aromatic carbocycles. The Morgan fingerprint density at radius 2 is 2.25 bits per heavy atom. The third kappa shape index (κ3) is 1.55. The molecule has 2 fully saturated rings. The van der Waals surface area contributed by atoms with Gasteiger partial charge in [0.25, 0.3) is 0 Å². The van der Waals surface area contributed by atoms with Crippen LogP contribution in [0.25, 0.3) is 0 Å². The Kier molecular flexibility index (Phi) is 2.94. The van der Waals surface area contributed by atoms with Gasteiger partial charge < -0.3 is 10.1 Å². The lowest BCUT2D eigenvalue weighted by Crippen LogP contribution is -2.48. The normalized spacial score (nSPS) is 36.2. The van der Waals surface area contributed by atoms with Crippen molar-refractivity contribution in [1.82, 2.24) is 4.90 Å². The van der Waals surface area contributed by atoms with Gasteiger partial charge in [-0.1, -0.05) is 25.1 Å². The molecule has 3 heterocycles. The van der Waals surface area contributed by atoms with Gasteiger partial charge in [0, 0.05) is 30.0 Å². The van der Waals surface area contributed by atoms with Gasteiger partial charge in [-0.3, -0.25) is 4.90 Å². The van der Waals surface area contributed by atoms with Crippen molar-refractivity contribution in [3.63, 3.8) is 0 Å². The molecule has 1 aliphatic carbocycles. The Balaban J connectivity index is 1.75. The number of fused-ring (bicyclic) bond motifs is 1. The fraction of sp³-hybridized carbons (Fsp3) is 0.550. The summed E-state index contributed by atoms with van der Waals surface area (Å²) in [5.41, 5.74) is 4.55. The highest BCUT2D eigenvalue weighted by atomic mass is 16.5. The molecule has 4 unspecified atom stereocenters. The van der Waals surface area contributed by atoms with E-state index in [1.807, 2.05) is 0 Å². The van der Waals surface area contributed by atoms with Crippen LogP contribution in [0.1, 0.15) is 38.2 Å². The largest absolute Gasteiger partial charge is 0.466 e. The number of hydrogen-bond donors (Lipinski definition) is 1. The van der Waals surface area contributed by atoms with E-state index in [1.165, 1.54) is 31.2 Å². The van der Waals surface area contributed by atoms with E-state index in [0.29, 0.717) is 18.0 Å². The highest BCUT2D eigenvalue weighted by Gasteiger charge is 2.64. The third-order valence-electron chi connectivity index (χ3n) is 6.90. The minimum absolute atomic E-state index is 0.0348. The number of rotatable bonds is 2. The van der Waals surface area contributed by atoms with E-state index in [2.05, 4.69) is 41.4 Å².